The van der Waals surface area contributed by atoms with E-state index in [2.05, 4.69) is 43.1 Å². The summed E-state index contributed by atoms with van der Waals surface area (Å²) in [5.74, 6) is 5.31. The molecule has 4 heterocycles. The number of nitrogens with one attached hydrogen (secondary N) is 5. The van der Waals surface area contributed by atoms with E-state index in [1.807, 2.05) is 13.8 Å². The predicted octanol–water partition coefficient (Wildman–Crippen LogP) is 3.43. The van der Waals surface area contributed by atoms with Crippen molar-refractivity contribution in [3.63, 3.8) is 0 Å². The van der Waals surface area contributed by atoms with Crippen molar-refractivity contribution in [2.75, 3.05) is 38.7 Å². The van der Waals surface area contributed by atoms with Gasteiger partial charge in [-0.3, -0.25) is 14.6 Å². The molecule has 0 radical (unpaired) electrons. The SMILES string of the molecule is COc1c(F)cccc1Nc1c(-c2ccncc2C#CC(C)(C)NC(=O)/C=C/CN[C@@H]2CCOC2)[nH]c2c1C(=O)NCC2. The van der Waals surface area contributed by atoms with Gasteiger partial charge in [0.15, 0.2) is 11.6 Å². The van der Waals surface area contributed by atoms with Gasteiger partial charge in [0.05, 0.1) is 47.5 Å². The number of nitrogens with zero attached hydrogens (tertiary/aromatic N) is 1. The normalized spacial score (nSPS) is 16.3. The number of carbonyl (C=O) groups is 2. The zero-order valence-electron chi connectivity index (χ0n) is 24.4. The number of hydrogen-bond acceptors (Lipinski definition) is 7. The number of para-hydroxylation sites is 1. The maximum Gasteiger partial charge on any atom is 0.255 e. The van der Waals surface area contributed by atoms with Gasteiger partial charge in [-0.1, -0.05) is 24.0 Å². The van der Waals surface area contributed by atoms with E-state index in [9.17, 15) is 14.0 Å². The largest absolute Gasteiger partial charge is 0.492 e. The Hall–Kier alpha value is -4.66. The number of ether oxygens (including phenoxy) is 2. The molecule has 3 aromatic rings. The van der Waals surface area contributed by atoms with Gasteiger partial charge in [0.25, 0.3) is 5.91 Å². The molecule has 5 rings (SSSR count). The average Bonchev–Trinajstić information content (AvgIpc) is 3.63. The number of pyridine rings is 1. The first-order chi connectivity index (χ1) is 20.8. The van der Waals surface area contributed by atoms with Gasteiger partial charge in [-0.05, 0) is 38.5 Å². The quantitative estimate of drug-likeness (QED) is 0.192. The second-order valence-electron chi connectivity index (χ2n) is 10.8. The molecule has 1 atom stereocenters. The van der Waals surface area contributed by atoms with Gasteiger partial charge in [0.1, 0.15) is 0 Å². The number of carbonyl (C=O) groups excluding carboxylic acids is 2. The fourth-order valence-corrected chi connectivity index (χ4v) is 5.07. The molecule has 1 fully saturated rings. The Morgan fingerprint density at radius 2 is 2.19 bits per heavy atom. The Morgan fingerprint density at radius 1 is 1.33 bits per heavy atom. The Balaban J connectivity index is 1.41. The van der Waals surface area contributed by atoms with E-state index in [0.29, 0.717) is 65.9 Å². The van der Waals surface area contributed by atoms with Crippen molar-refractivity contribution in [2.45, 2.75) is 38.3 Å². The number of fused-ring (bicyclic) bond motifs is 1. The van der Waals surface area contributed by atoms with E-state index in [1.54, 1.807) is 36.7 Å². The van der Waals surface area contributed by atoms with Crippen LogP contribution in [-0.4, -0.2) is 66.8 Å². The molecule has 2 aliphatic rings. The molecule has 0 saturated carbocycles. The number of methoxy groups -OCH3 is 1. The van der Waals surface area contributed by atoms with Crippen molar-refractivity contribution in [2.24, 2.45) is 0 Å². The maximum absolute atomic E-state index is 14.5. The lowest BCUT2D eigenvalue weighted by Gasteiger charge is -2.19. The number of aromatic nitrogens is 2. The Kier molecular flexibility index (Phi) is 9.09. The van der Waals surface area contributed by atoms with Crippen LogP contribution in [0.5, 0.6) is 5.75 Å². The fraction of sp³-hybridized carbons (Fsp3) is 0.344. The smallest absolute Gasteiger partial charge is 0.255 e. The highest BCUT2D eigenvalue weighted by Crippen LogP contribution is 2.40. The van der Waals surface area contributed by atoms with Gasteiger partial charge in [-0.15, -0.1) is 0 Å². The van der Waals surface area contributed by atoms with E-state index in [1.165, 1.54) is 19.3 Å². The van der Waals surface area contributed by atoms with Crippen molar-refractivity contribution in [3.05, 3.63) is 71.4 Å². The van der Waals surface area contributed by atoms with Crippen molar-refractivity contribution < 1.29 is 23.5 Å². The fourth-order valence-electron chi connectivity index (χ4n) is 5.07. The summed E-state index contributed by atoms with van der Waals surface area (Å²) in [7, 11) is 1.39. The van der Waals surface area contributed by atoms with Gasteiger partial charge in [0, 0.05) is 61.9 Å². The van der Waals surface area contributed by atoms with Crippen molar-refractivity contribution >= 4 is 23.2 Å². The second-order valence-corrected chi connectivity index (χ2v) is 10.8. The molecule has 0 unspecified atom stereocenters. The van der Waals surface area contributed by atoms with Crippen LogP contribution in [0.4, 0.5) is 15.8 Å². The van der Waals surface area contributed by atoms with Gasteiger partial charge >= 0.3 is 0 Å². The van der Waals surface area contributed by atoms with Crippen LogP contribution < -0.4 is 26.0 Å². The highest BCUT2D eigenvalue weighted by molar-refractivity contribution is 6.06. The van der Waals surface area contributed by atoms with Crippen LogP contribution in [0.2, 0.25) is 0 Å². The molecular formula is C32H35FN6O4. The van der Waals surface area contributed by atoms with Crippen LogP contribution in [-0.2, 0) is 16.0 Å². The van der Waals surface area contributed by atoms with Gasteiger partial charge in [-0.2, -0.15) is 0 Å². The molecule has 0 aliphatic carbocycles. The predicted molar refractivity (Wildman–Crippen MR) is 162 cm³/mol. The summed E-state index contributed by atoms with van der Waals surface area (Å²) in [5.41, 5.74) is 3.05. The zero-order chi connectivity index (χ0) is 30.4. The highest BCUT2D eigenvalue weighted by atomic mass is 19.1. The van der Waals surface area contributed by atoms with E-state index in [0.717, 1.165) is 18.7 Å². The minimum Gasteiger partial charge on any atom is -0.492 e. The Morgan fingerprint density at radius 3 is 2.98 bits per heavy atom. The summed E-state index contributed by atoms with van der Waals surface area (Å²) in [5, 5.41) is 12.4. The molecule has 2 aliphatic heterocycles. The van der Waals surface area contributed by atoms with Gasteiger partial charge in [0.2, 0.25) is 5.91 Å². The minimum absolute atomic E-state index is 0.0317. The standard InChI is InChI=1S/C32H35FN6O4/c1-32(2,39-26(40)8-5-14-35-21-12-17-43-19-21)13-9-20-18-34-15-10-22(20)28-29(27-24(37-28)11-16-36-31(27)41)38-25-7-4-6-23(33)30(25)42-3/h4-8,10,15,18,21,35,37-38H,11-12,14,16-17,19H2,1-3H3,(H,36,41)(H,39,40)/b8-5+/t21-/m1/s1. The number of aromatic amines is 1. The molecule has 0 bridgehead atoms. The number of H-pyrrole nitrogens is 1. The number of rotatable bonds is 9. The number of anilines is 2. The topological polar surface area (TPSA) is 129 Å². The summed E-state index contributed by atoms with van der Waals surface area (Å²) >= 11 is 0. The zero-order valence-corrected chi connectivity index (χ0v) is 24.4. The second kappa shape index (κ2) is 13.1. The van der Waals surface area contributed by atoms with Crippen LogP contribution in [0.1, 0.15) is 41.9 Å². The number of amides is 2. The maximum atomic E-state index is 14.5. The lowest BCUT2D eigenvalue weighted by atomic mass is 10.0. The third-order valence-electron chi connectivity index (χ3n) is 7.16. The summed E-state index contributed by atoms with van der Waals surface area (Å²) in [6.07, 6.45) is 8.10. The first-order valence-electron chi connectivity index (χ1n) is 14.2. The van der Waals surface area contributed by atoms with Crippen molar-refractivity contribution in [1.29, 1.82) is 0 Å². The third-order valence-corrected chi connectivity index (χ3v) is 7.16. The van der Waals surface area contributed by atoms with Crippen LogP contribution in [0.3, 0.4) is 0 Å². The van der Waals surface area contributed by atoms with Gasteiger partial charge in [-0.25, -0.2) is 4.39 Å². The Labute approximate surface area is 249 Å². The molecule has 224 valence electrons. The molecule has 1 aromatic carbocycles. The van der Waals surface area contributed by atoms with Gasteiger partial charge < -0.3 is 35.7 Å². The van der Waals surface area contributed by atoms with E-state index >= 15 is 0 Å². The van der Waals surface area contributed by atoms with E-state index in [-0.39, 0.29) is 17.6 Å². The molecule has 0 spiro atoms. The molecular weight excluding hydrogens is 551 g/mol. The van der Waals surface area contributed by atoms with Crippen LogP contribution >= 0.6 is 0 Å². The summed E-state index contributed by atoms with van der Waals surface area (Å²) < 4.78 is 25.2. The number of hydrogen-bond donors (Lipinski definition) is 5. The summed E-state index contributed by atoms with van der Waals surface area (Å²) in [6, 6.07) is 6.66. The molecule has 2 amide bonds. The number of halogens is 1. The number of benzene rings is 1. The minimum atomic E-state index is -0.855. The van der Waals surface area contributed by atoms with Crippen LogP contribution in [0.15, 0.2) is 48.8 Å². The third kappa shape index (κ3) is 7.05. The summed E-state index contributed by atoms with van der Waals surface area (Å²) in [6.45, 7) is 6.14. The first-order valence-corrected chi connectivity index (χ1v) is 14.2. The lowest BCUT2D eigenvalue weighted by Crippen LogP contribution is -2.41. The van der Waals surface area contributed by atoms with Crippen LogP contribution in [0.25, 0.3) is 11.3 Å². The molecule has 43 heavy (non-hydrogen) atoms. The first kappa shape index (κ1) is 29.8. The Bertz CT molecular complexity index is 1600. The van der Waals surface area contributed by atoms with E-state index in [4.69, 9.17) is 9.47 Å². The van der Waals surface area contributed by atoms with Crippen LogP contribution in [0, 0.1) is 17.7 Å². The lowest BCUT2D eigenvalue weighted by molar-refractivity contribution is -0.117. The molecule has 10 nitrogen and oxygen atoms in total. The molecule has 2 aromatic heterocycles. The molecule has 11 heteroatoms. The van der Waals surface area contributed by atoms with Crippen molar-refractivity contribution in [1.82, 2.24) is 25.9 Å². The molecule has 5 N–H and O–H groups in total. The monoisotopic (exact) mass is 586 g/mol. The van der Waals surface area contributed by atoms with Crippen molar-refractivity contribution in [3.8, 4) is 28.8 Å². The highest BCUT2D eigenvalue weighted by Gasteiger charge is 2.28. The summed E-state index contributed by atoms with van der Waals surface area (Å²) in [4.78, 5) is 33.2. The molecule has 1 saturated heterocycles. The van der Waals surface area contributed by atoms with E-state index < -0.39 is 11.4 Å². The average molecular weight is 587 g/mol.